The zero-order chi connectivity index (χ0) is 36.5. The van der Waals surface area contributed by atoms with Gasteiger partial charge in [-0.15, -0.1) is 0 Å². The molecule has 1 fully saturated rings. The van der Waals surface area contributed by atoms with Crippen LogP contribution in [0.2, 0.25) is 5.02 Å². The summed E-state index contributed by atoms with van der Waals surface area (Å²) in [5.41, 5.74) is 0.905. The van der Waals surface area contributed by atoms with Crippen molar-refractivity contribution in [3.8, 4) is 17.2 Å². The van der Waals surface area contributed by atoms with E-state index in [4.69, 9.17) is 25.8 Å². The first-order valence-electron chi connectivity index (χ1n) is 16.5. The van der Waals surface area contributed by atoms with Crippen LogP contribution in [0.25, 0.3) is 0 Å². The first-order chi connectivity index (χ1) is 24.5. The smallest absolute Gasteiger partial charge is 0.265 e. The van der Waals surface area contributed by atoms with Crippen LogP contribution in [0.5, 0.6) is 17.2 Å². The van der Waals surface area contributed by atoms with Crippen molar-refractivity contribution < 1.29 is 36.6 Å². The minimum atomic E-state index is -4.56. The van der Waals surface area contributed by atoms with Crippen LogP contribution in [-0.2, 0) is 32.6 Å². The number of hydrogen-bond donors (Lipinski definition) is 1. The lowest BCUT2D eigenvalue weighted by Crippen LogP contribution is -2.54. The second kappa shape index (κ2) is 16.9. The van der Waals surface area contributed by atoms with Crippen molar-refractivity contribution in [3.63, 3.8) is 0 Å². The maximum atomic E-state index is 15.2. The third kappa shape index (κ3) is 8.92. The lowest BCUT2D eigenvalue weighted by Gasteiger charge is -2.34. The second-order valence-corrected chi connectivity index (χ2v) is 14.5. The van der Waals surface area contributed by atoms with Crippen LogP contribution < -0.4 is 23.8 Å². The highest BCUT2D eigenvalue weighted by molar-refractivity contribution is 7.92. The lowest BCUT2D eigenvalue weighted by atomic mass is 10.0. The zero-order valence-electron chi connectivity index (χ0n) is 28.7. The molecule has 0 aliphatic heterocycles. The monoisotopic (exact) mass is 737 g/mol. The molecule has 1 aliphatic carbocycles. The van der Waals surface area contributed by atoms with Gasteiger partial charge >= 0.3 is 0 Å². The highest BCUT2D eigenvalue weighted by Crippen LogP contribution is 2.37. The van der Waals surface area contributed by atoms with E-state index in [1.165, 1.54) is 80.8 Å². The summed E-state index contributed by atoms with van der Waals surface area (Å²) in [6.07, 6.45) is 3.64. The Bertz CT molecular complexity index is 1940. The summed E-state index contributed by atoms with van der Waals surface area (Å²) < 4.78 is 61.5. The quantitative estimate of drug-likeness (QED) is 0.150. The van der Waals surface area contributed by atoms with Crippen molar-refractivity contribution in [2.75, 3.05) is 32.2 Å². The molecule has 1 saturated carbocycles. The Labute approximate surface area is 303 Å². The standard InChI is InChI=1S/C38H41ClFN3O7S/c1-48-34-19-17-28(39)22-32(34)43(51(46,47)30-18-20-35(49-2)36(23-30)50-3)25-37(44)42(24-27-13-7-10-16-31(27)40)33(21-26-11-5-4-6-12-26)38(45)41-29-14-8-9-15-29/h4-7,10-13,16-20,22-23,29,33H,8-9,14-15,21,24-25H2,1-3H3,(H,41,45)/t33-/m0/s1. The average Bonchev–Trinajstić information content (AvgIpc) is 3.65. The third-order valence-electron chi connectivity index (χ3n) is 8.90. The molecule has 5 rings (SSSR count). The number of anilines is 1. The normalized spacial score (nSPS) is 13.7. The number of halogens is 2. The summed E-state index contributed by atoms with van der Waals surface area (Å²) in [6, 6.07) is 22.4. The zero-order valence-corrected chi connectivity index (χ0v) is 30.3. The number of methoxy groups -OCH3 is 3. The van der Waals surface area contributed by atoms with Gasteiger partial charge in [-0.3, -0.25) is 13.9 Å². The number of carbonyl (C=O) groups is 2. The Balaban J connectivity index is 1.63. The van der Waals surface area contributed by atoms with E-state index in [9.17, 15) is 18.0 Å². The molecule has 1 N–H and O–H groups in total. The van der Waals surface area contributed by atoms with Gasteiger partial charge in [0.15, 0.2) is 11.5 Å². The van der Waals surface area contributed by atoms with Gasteiger partial charge in [0.2, 0.25) is 11.8 Å². The van der Waals surface area contributed by atoms with Gasteiger partial charge in [0.05, 0.1) is 31.9 Å². The fraction of sp³-hybridized carbons (Fsp3) is 0.316. The van der Waals surface area contributed by atoms with E-state index in [2.05, 4.69) is 5.32 Å². The van der Waals surface area contributed by atoms with Gasteiger partial charge in [0.25, 0.3) is 10.0 Å². The van der Waals surface area contributed by atoms with Gasteiger partial charge in [-0.05, 0) is 54.8 Å². The van der Waals surface area contributed by atoms with Crippen molar-refractivity contribution >= 4 is 39.1 Å². The van der Waals surface area contributed by atoms with Gasteiger partial charge in [0, 0.05) is 35.7 Å². The van der Waals surface area contributed by atoms with E-state index < -0.39 is 40.2 Å². The van der Waals surface area contributed by atoms with E-state index in [-0.39, 0.29) is 51.7 Å². The van der Waals surface area contributed by atoms with Crippen molar-refractivity contribution in [3.05, 3.63) is 113 Å². The fourth-order valence-electron chi connectivity index (χ4n) is 6.21. The molecule has 2 amide bonds. The van der Waals surface area contributed by atoms with Crippen molar-refractivity contribution in [1.82, 2.24) is 10.2 Å². The van der Waals surface area contributed by atoms with Crippen molar-refractivity contribution in [1.29, 1.82) is 0 Å². The minimum absolute atomic E-state index is 0.0195. The van der Waals surface area contributed by atoms with Gasteiger partial charge < -0.3 is 24.4 Å². The number of ether oxygens (including phenoxy) is 3. The molecule has 0 saturated heterocycles. The molecule has 1 aliphatic rings. The molecule has 10 nitrogen and oxygen atoms in total. The molecule has 0 spiro atoms. The molecule has 1 atom stereocenters. The van der Waals surface area contributed by atoms with Crippen LogP contribution in [0.1, 0.15) is 36.8 Å². The van der Waals surface area contributed by atoms with Crippen LogP contribution in [0.3, 0.4) is 0 Å². The lowest BCUT2D eigenvalue weighted by molar-refractivity contribution is -0.140. The topological polar surface area (TPSA) is 114 Å². The van der Waals surface area contributed by atoms with E-state index in [1.54, 1.807) is 6.07 Å². The predicted octanol–water partition coefficient (Wildman–Crippen LogP) is 6.40. The highest BCUT2D eigenvalue weighted by atomic mass is 35.5. The van der Waals surface area contributed by atoms with E-state index >= 15 is 4.39 Å². The molecule has 0 aromatic heterocycles. The fourth-order valence-corrected chi connectivity index (χ4v) is 7.81. The largest absolute Gasteiger partial charge is 0.495 e. The van der Waals surface area contributed by atoms with Crippen LogP contribution in [0.4, 0.5) is 10.1 Å². The SMILES string of the molecule is COc1ccc(S(=O)(=O)N(CC(=O)N(Cc2ccccc2F)[C@@H](Cc2ccccc2)C(=O)NC2CCCC2)c2cc(Cl)ccc2OC)cc1OC. The molecular weight excluding hydrogens is 697 g/mol. The maximum absolute atomic E-state index is 15.2. The Morgan fingerprint density at radius 2 is 1.51 bits per heavy atom. The number of carbonyl (C=O) groups excluding carboxylic acids is 2. The number of nitrogens with one attached hydrogen (secondary N) is 1. The summed E-state index contributed by atoms with van der Waals surface area (Å²) in [6.45, 7) is -1.10. The number of amides is 2. The summed E-state index contributed by atoms with van der Waals surface area (Å²) in [4.78, 5) is 30.0. The molecule has 0 heterocycles. The first-order valence-corrected chi connectivity index (χ1v) is 18.3. The molecule has 270 valence electrons. The Hall–Kier alpha value is -4.81. The number of hydrogen-bond acceptors (Lipinski definition) is 7. The summed E-state index contributed by atoms with van der Waals surface area (Å²) in [5.74, 6) is -1.17. The van der Waals surface area contributed by atoms with Gasteiger partial charge in [-0.25, -0.2) is 12.8 Å². The van der Waals surface area contributed by atoms with E-state index in [0.717, 1.165) is 35.6 Å². The number of sulfonamides is 1. The number of nitrogens with zero attached hydrogens (tertiary/aromatic N) is 2. The predicted molar refractivity (Wildman–Crippen MR) is 193 cm³/mol. The minimum Gasteiger partial charge on any atom is -0.495 e. The Morgan fingerprint density at radius 3 is 2.18 bits per heavy atom. The maximum Gasteiger partial charge on any atom is 0.265 e. The van der Waals surface area contributed by atoms with Crippen LogP contribution in [-0.4, -0.2) is 65.1 Å². The van der Waals surface area contributed by atoms with Gasteiger partial charge in [-0.2, -0.15) is 0 Å². The molecule has 4 aromatic rings. The molecule has 51 heavy (non-hydrogen) atoms. The first kappa shape index (κ1) is 37.4. The average molecular weight is 738 g/mol. The summed E-state index contributed by atoms with van der Waals surface area (Å²) in [5, 5.41) is 3.29. The Morgan fingerprint density at radius 1 is 0.863 bits per heavy atom. The molecule has 13 heteroatoms. The molecule has 0 radical (unpaired) electrons. The van der Waals surface area contributed by atoms with Crippen LogP contribution in [0, 0.1) is 5.82 Å². The molecule has 4 aromatic carbocycles. The van der Waals surface area contributed by atoms with Crippen LogP contribution in [0.15, 0.2) is 95.9 Å². The van der Waals surface area contributed by atoms with E-state index in [1.807, 2.05) is 30.3 Å². The Kier molecular flexibility index (Phi) is 12.4. The molecule has 0 bridgehead atoms. The van der Waals surface area contributed by atoms with Gasteiger partial charge in [-0.1, -0.05) is 73.0 Å². The van der Waals surface area contributed by atoms with Crippen molar-refractivity contribution in [2.45, 2.75) is 55.6 Å². The van der Waals surface area contributed by atoms with E-state index in [0.29, 0.717) is 5.75 Å². The third-order valence-corrected chi connectivity index (χ3v) is 10.9. The summed E-state index contributed by atoms with van der Waals surface area (Å²) in [7, 11) is -0.395. The number of rotatable bonds is 15. The number of benzene rings is 4. The van der Waals surface area contributed by atoms with Crippen LogP contribution >= 0.6 is 11.6 Å². The van der Waals surface area contributed by atoms with Crippen molar-refractivity contribution in [2.24, 2.45) is 0 Å². The highest BCUT2D eigenvalue weighted by Gasteiger charge is 2.37. The van der Waals surface area contributed by atoms with Gasteiger partial charge in [0.1, 0.15) is 24.2 Å². The molecular formula is C38H41ClFN3O7S. The molecule has 0 unspecified atom stereocenters. The summed E-state index contributed by atoms with van der Waals surface area (Å²) >= 11 is 6.38. The second-order valence-electron chi connectivity index (χ2n) is 12.2.